The molecule has 1 heterocycles. The highest BCUT2D eigenvalue weighted by atomic mass is 16.2. The van der Waals surface area contributed by atoms with Crippen molar-refractivity contribution in [1.29, 1.82) is 0 Å². The molecule has 0 saturated carbocycles. The third kappa shape index (κ3) is 2.86. The quantitative estimate of drug-likeness (QED) is 0.652. The van der Waals surface area contributed by atoms with Gasteiger partial charge in [0.25, 0.3) is 0 Å². The Morgan fingerprint density at radius 2 is 1.89 bits per heavy atom. The number of hydrogen-bond acceptors (Lipinski definition) is 2. The lowest BCUT2D eigenvalue weighted by Crippen LogP contribution is -2.51. The van der Waals surface area contributed by atoms with Gasteiger partial charge < -0.3 is 0 Å². The minimum absolute atomic E-state index is 0.119. The summed E-state index contributed by atoms with van der Waals surface area (Å²) in [5.74, 6) is -0.266. The van der Waals surface area contributed by atoms with Gasteiger partial charge in [0.15, 0.2) is 0 Å². The molecule has 0 spiro atoms. The minimum Gasteiger partial charge on any atom is -0.296 e. The summed E-state index contributed by atoms with van der Waals surface area (Å²) in [4.78, 5) is 23.8. The summed E-state index contributed by atoms with van der Waals surface area (Å²) < 4.78 is 0. The van der Waals surface area contributed by atoms with Crippen LogP contribution in [0.2, 0.25) is 0 Å². The van der Waals surface area contributed by atoms with Gasteiger partial charge in [-0.15, -0.1) is 0 Å². The molecule has 1 aromatic carbocycles. The lowest BCUT2D eigenvalue weighted by atomic mass is 9.70. The van der Waals surface area contributed by atoms with Crippen molar-refractivity contribution in [3.05, 3.63) is 35.9 Å². The number of carbonyl (C=O) groups excluding carboxylic acids is 2. The summed E-state index contributed by atoms with van der Waals surface area (Å²) in [6.07, 6.45) is 5.16. The van der Waals surface area contributed by atoms with Crippen LogP contribution in [0.1, 0.15) is 51.0 Å². The van der Waals surface area contributed by atoms with E-state index in [1.165, 1.54) is 0 Å². The van der Waals surface area contributed by atoms with Crippen LogP contribution < -0.4 is 5.32 Å². The van der Waals surface area contributed by atoms with E-state index >= 15 is 0 Å². The van der Waals surface area contributed by atoms with E-state index in [4.69, 9.17) is 0 Å². The van der Waals surface area contributed by atoms with Gasteiger partial charge in [-0.3, -0.25) is 14.9 Å². The molecule has 19 heavy (non-hydrogen) atoms. The normalized spacial score (nSPS) is 23.2. The van der Waals surface area contributed by atoms with Crippen molar-refractivity contribution >= 4 is 11.8 Å². The zero-order valence-corrected chi connectivity index (χ0v) is 11.4. The summed E-state index contributed by atoms with van der Waals surface area (Å²) in [6, 6.07) is 9.87. The molecule has 1 aliphatic heterocycles. The van der Waals surface area contributed by atoms with Crippen molar-refractivity contribution in [2.24, 2.45) is 0 Å². The Balaban J connectivity index is 2.27. The first-order valence-electron chi connectivity index (χ1n) is 7.09. The first kappa shape index (κ1) is 13.8. The fourth-order valence-corrected chi connectivity index (χ4v) is 2.84. The van der Waals surface area contributed by atoms with Gasteiger partial charge >= 0.3 is 0 Å². The lowest BCUT2D eigenvalue weighted by molar-refractivity contribution is -0.138. The van der Waals surface area contributed by atoms with Crippen molar-refractivity contribution < 1.29 is 9.59 Å². The van der Waals surface area contributed by atoms with Gasteiger partial charge in [-0.25, -0.2) is 0 Å². The molecule has 1 aromatic rings. The van der Waals surface area contributed by atoms with E-state index in [-0.39, 0.29) is 11.8 Å². The summed E-state index contributed by atoms with van der Waals surface area (Å²) in [5, 5.41) is 2.52. The van der Waals surface area contributed by atoms with Gasteiger partial charge in [0.05, 0.1) is 5.41 Å². The Morgan fingerprint density at radius 1 is 1.16 bits per heavy atom. The number of benzene rings is 1. The van der Waals surface area contributed by atoms with Crippen LogP contribution in [0.25, 0.3) is 0 Å². The summed E-state index contributed by atoms with van der Waals surface area (Å²) in [6.45, 7) is 2.15. The highest BCUT2D eigenvalue weighted by Crippen LogP contribution is 2.37. The first-order chi connectivity index (χ1) is 9.19. The largest absolute Gasteiger partial charge is 0.296 e. The molecule has 0 aliphatic carbocycles. The SMILES string of the molecule is CCCCCC1(c2ccccc2)CCC(=O)NC1=O. The highest BCUT2D eigenvalue weighted by molar-refractivity contribution is 6.03. The smallest absolute Gasteiger partial charge is 0.237 e. The number of amides is 2. The second kappa shape index (κ2) is 6.00. The molecule has 1 aliphatic rings. The molecule has 102 valence electrons. The molecule has 2 rings (SSSR count). The average Bonchev–Trinajstić information content (AvgIpc) is 2.43. The molecule has 2 amide bonds. The number of carbonyl (C=O) groups is 2. The van der Waals surface area contributed by atoms with Gasteiger partial charge in [-0.05, 0) is 18.4 Å². The fourth-order valence-electron chi connectivity index (χ4n) is 2.84. The molecular weight excluding hydrogens is 238 g/mol. The zero-order valence-electron chi connectivity index (χ0n) is 11.4. The van der Waals surface area contributed by atoms with Gasteiger partial charge in [-0.2, -0.15) is 0 Å². The molecule has 1 N–H and O–H groups in total. The minimum atomic E-state index is -0.510. The molecule has 0 aromatic heterocycles. The van der Waals surface area contributed by atoms with Crippen molar-refractivity contribution in [2.45, 2.75) is 50.9 Å². The molecule has 3 nitrogen and oxygen atoms in total. The van der Waals surface area contributed by atoms with Crippen molar-refractivity contribution in [3.8, 4) is 0 Å². The van der Waals surface area contributed by atoms with E-state index in [1.807, 2.05) is 30.3 Å². The number of hydrogen-bond donors (Lipinski definition) is 1. The maximum absolute atomic E-state index is 12.4. The molecule has 1 saturated heterocycles. The maximum atomic E-state index is 12.4. The molecular formula is C16H21NO2. The molecule has 3 heteroatoms. The summed E-state index contributed by atoms with van der Waals surface area (Å²) >= 11 is 0. The topological polar surface area (TPSA) is 46.2 Å². The van der Waals surface area contributed by atoms with E-state index in [1.54, 1.807) is 0 Å². The second-order valence-electron chi connectivity index (χ2n) is 5.28. The summed E-state index contributed by atoms with van der Waals surface area (Å²) in [5.41, 5.74) is 0.528. The van der Waals surface area contributed by atoms with Gasteiger partial charge in [0.2, 0.25) is 11.8 Å². The van der Waals surface area contributed by atoms with Crippen LogP contribution in [0.4, 0.5) is 0 Å². The van der Waals surface area contributed by atoms with E-state index in [0.717, 1.165) is 31.2 Å². The number of piperidine rings is 1. The van der Waals surface area contributed by atoms with Gasteiger partial charge in [0, 0.05) is 6.42 Å². The predicted molar refractivity (Wildman–Crippen MR) is 74.6 cm³/mol. The highest BCUT2D eigenvalue weighted by Gasteiger charge is 2.43. The Bertz CT molecular complexity index is 455. The molecule has 0 bridgehead atoms. The molecule has 1 atom stereocenters. The standard InChI is InChI=1S/C16H21NO2/c1-2-3-7-11-16(13-8-5-4-6-9-13)12-10-14(18)17-15(16)19/h4-6,8-9H,2-3,7,10-12H2,1H3,(H,17,18,19). The molecule has 1 unspecified atom stereocenters. The van der Waals surface area contributed by atoms with Gasteiger partial charge in [-0.1, -0.05) is 56.5 Å². The van der Waals surface area contributed by atoms with Crippen LogP contribution in [0, 0.1) is 0 Å². The zero-order chi connectivity index (χ0) is 13.7. The molecule has 0 radical (unpaired) electrons. The van der Waals surface area contributed by atoms with E-state index in [9.17, 15) is 9.59 Å². The Kier molecular flexibility index (Phi) is 4.35. The fraction of sp³-hybridized carbons (Fsp3) is 0.500. The Morgan fingerprint density at radius 3 is 2.53 bits per heavy atom. The average molecular weight is 259 g/mol. The van der Waals surface area contributed by atoms with Crippen molar-refractivity contribution in [2.75, 3.05) is 0 Å². The van der Waals surface area contributed by atoms with Gasteiger partial charge in [0.1, 0.15) is 0 Å². The second-order valence-corrected chi connectivity index (χ2v) is 5.28. The van der Waals surface area contributed by atoms with Crippen LogP contribution in [-0.4, -0.2) is 11.8 Å². The third-order valence-electron chi connectivity index (χ3n) is 4.00. The maximum Gasteiger partial charge on any atom is 0.237 e. The van der Waals surface area contributed by atoms with Crippen LogP contribution in [-0.2, 0) is 15.0 Å². The summed E-state index contributed by atoms with van der Waals surface area (Å²) in [7, 11) is 0. The predicted octanol–water partition coefficient (Wildman–Crippen LogP) is 2.94. The van der Waals surface area contributed by atoms with E-state index in [0.29, 0.717) is 12.8 Å². The van der Waals surface area contributed by atoms with Crippen molar-refractivity contribution in [1.82, 2.24) is 5.32 Å². The van der Waals surface area contributed by atoms with Crippen molar-refractivity contribution in [3.63, 3.8) is 0 Å². The number of imide groups is 1. The molecule has 1 fully saturated rings. The Labute approximate surface area is 114 Å². The monoisotopic (exact) mass is 259 g/mol. The van der Waals surface area contributed by atoms with Crippen LogP contribution >= 0.6 is 0 Å². The van der Waals surface area contributed by atoms with Crippen LogP contribution in [0.15, 0.2) is 30.3 Å². The lowest BCUT2D eigenvalue weighted by Gasteiger charge is -2.36. The van der Waals surface area contributed by atoms with E-state index < -0.39 is 5.41 Å². The first-order valence-corrected chi connectivity index (χ1v) is 7.09. The Hall–Kier alpha value is -1.64. The number of nitrogens with one attached hydrogen (secondary N) is 1. The third-order valence-corrected chi connectivity index (χ3v) is 4.00. The van der Waals surface area contributed by atoms with Crippen LogP contribution in [0.5, 0.6) is 0 Å². The number of unbranched alkanes of at least 4 members (excludes halogenated alkanes) is 2. The van der Waals surface area contributed by atoms with Crippen LogP contribution in [0.3, 0.4) is 0 Å². The number of rotatable bonds is 5. The van der Waals surface area contributed by atoms with E-state index in [2.05, 4.69) is 12.2 Å².